The first-order valence-electron chi connectivity index (χ1n) is 6.00. The van der Waals surface area contributed by atoms with Gasteiger partial charge in [-0.05, 0) is 12.8 Å². The van der Waals surface area contributed by atoms with E-state index < -0.39 is 5.54 Å². The zero-order valence-corrected chi connectivity index (χ0v) is 11.0. The number of hydrogen-bond donors (Lipinski definition) is 2. The minimum Gasteiger partial charge on any atom is -0.394 e. The molecule has 0 bridgehead atoms. The van der Waals surface area contributed by atoms with Crippen LogP contribution in [0.2, 0.25) is 0 Å². The van der Waals surface area contributed by atoms with Gasteiger partial charge in [-0.1, -0.05) is 0 Å². The molecule has 0 aromatic rings. The molecule has 102 valence electrons. The number of nitrogens with one attached hydrogen (secondary N) is 1. The molecule has 0 atom stereocenters. The smallest absolute Gasteiger partial charge is 0.240 e. The maximum Gasteiger partial charge on any atom is 0.240 e. The van der Waals surface area contributed by atoms with Gasteiger partial charge in [0.2, 0.25) is 11.8 Å². The summed E-state index contributed by atoms with van der Waals surface area (Å²) >= 11 is 1.51. The predicted octanol–water partition coefficient (Wildman–Crippen LogP) is -0.823. The van der Waals surface area contributed by atoms with Gasteiger partial charge in [0.1, 0.15) is 6.54 Å². The molecule has 2 rings (SSSR count). The molecule has 2 fully saturated rings. The van der Waals surface area contributed by atoms with Gasteiger partial charge in [0, 0.05) is 13.2 Å². The molecule has 0 aromatic carbocycles. The fraction of sp³-hybridized carbons (Fsp3) is 0.818. The van der Waals surface area contributed by atoms with Gasteiger partial charge in [-0.2, -0.15) is 0 Å². The van der Waals surface area contributed by atoms with Crippen LogP contribution in [0.5, 0.6) is 0 Å². The van der Waals surface area contributed by atoms with Crippen LogP contribution < -0.4 is 5.32 Å². The Balaban J connectivity index is 1.87. The molecule has 2 aliphatic heterocycles. The normalized spacial score (nSPS) is 23.2. The molecule has 0 aliphatic carbocycles. The molecule has 18 heavy (non-hydrogen) atoms. The molecular weight excluding hydrogens is 256 g/mol. The highest BCUT2D eigenvalue weighted by molar-refractivity contribution is 8.00. The van der Waals surface area contributed by atoms with Crippen molar-refractivity contribution in [3.05, 3.63) is 0 Å². The zero-order valence-electron chi connectivity index (χ0n) is 10.2. The lowest BCUT2D eigenvalue weighted by Crippen LogP contribution is -2.56. The fourth-order valence-corrected chi connectivity index (χ4v) is 3.04. The summed E-state index contributed by atoms with van der Waals surface area (Å²) in [5, 5.41) is 12.3. The van der Waals surface area contributed by atoms with Crippen LogP contribution in [-0.4, -0.2) is 65.4 Å². The highest BCUT2D eigenvalue weighted by atomic mass is 32.2. The monoisotopic (exact) mass is 274 g/mol. The van der Waals surface area contributed by atoms with Gasteiger partial charge in [-0.15, -0.1) is 11.8 Å². The molecule has 6 nitrogen and oxygen atoms in total. The predicted molar refractivity (Wildman–Crippen MR) is 67.1 cm³/mol. The Morgan fingerprint density at radius 3 is 2.78 bits per heavy atom. The lowest BCUT2D eigenvalue weighted by atomic mass is 9.91. The Hall–Kier alpha value is -0.790. The second kappa shape index (κ2) is 5.90. The third kappa shape index (κ3) is 3.15. The summed E-state index contributed by atoms with van der Waals surface area (Å²) in [5.41, 5.74) is -0.578. The number of amides is 2. The molecule has 0 saturated carbocycles. The van der Waals surface area contributed by atoms with Crippen molar-refractivity contribution in [1.29, 1.82) is 0 Å². The Morgan fingerprint density at radius 1 is 1.50 bits per heavy atom. The van der Waals surface area contributed by atoms with E-state index in [1.807, 2.05) is 0 Å². The molecule has 0 radical (unpaired) electrons. The molecule has 2 saturated heterocycles. The lowest BCUT2D eigenvalue weighted by Gasteiger charge is -2.36. The number of ether oxygens (including phenoxy) is 1. The maximum absolute atomic E-state index is 11.9. The van der Waals surface area contributed by atoms with Crippen molar-refractivity contribution in [2.45, 2.75) is 18.4 Å². The number of nitrogens with zero attached hydrogens (tertiary/aromatic N) is 1. The van der Waals surface area contributed by atoms with Crippen molar-refractivity contribution in [1.82, 2.24) is 10.2 Å². The number of rotatable bonds is 4. The zero-order chi connectivity index (χ0) is 13.0. The second-order valence-corrected chi connectivity index (χ2v) is 5.62. The molecule has 0 aromatic heterocycles. The molecule has 7 heteroatoms. The Kier molecular flexibility index (Phi) is 4.47. The summed E-state index contributed by atoms with van der Waals surface area (Å²) in [6, 6.07) is 0. The quantitative estimate of drug-likeness (QED) is 0.700. The van der Waals surface area contributed by atoms with Crippen LogP contribution in [0, 0.1) is 0 Å². The number of carbonyl (C=O) groups is 2. The SMILES string of the molecule is O=C(CN1CSCC1=O)NC1(CO)CCOCC1. The maximum atomic E-state index is 11.9. The summed E-state index contributed by atoms with van der Waals surface area (Å²) in [6.07, 6.45) is 1.22. The molecule has 2 aliphatic rings. The number of thioether (sulfide) groups is 1. The first kappa shape index (κ1) is 13.6. The average molecular weight is 274 g/mol. The third-order valence-corrected chi connectivity index (χ3v) is 4.26. The van der Waals surface area contributed by atoms with Crippen LogP contribution in [0.1, 0.15) is 12.8 Å². The van der Waals surface area contributed by atoms with Crippen molar-refractivity contribution in [3.8, 4) is 0 Å². The summed E-state index contributed by atoms with van der Waals surface area (Å²) < 4.78 is 5.23. The van der Waals surface area contributed by atoms with Crippen molar-refractivity contribution < 1.29 is 19.4 Å². The van der Waals surface area contributed by atoms with Crippen LogP contribution in [0.4, 0.5) is 0 Å². The van der Waals surface area contributed by atoms with Gasteiger partial charge in [0.05, 0.1) is 23.8 Å². The van der Waals surface area contributed by atoms with Crippen LogP contribution in [0.3, 0.4) is 0 Å². The minimum atomic E-state index is -0.578. The van der Waals surface area contributed by atoms with Crippen molar-refractivity contribution in [2.75, 3.05) is 38.0 Å². The standard InChI is InChI=1S/C11H18N2O4S/c14-7-11(1-3-17-4-2-11)12-9(15)5-13-8-18-6-10(13)16/h14H,1-8H2,(H,12,15). The van der Waals surface area contributed by atoms with E-state index in [0.29, 0.717) is 37.7 Å². The van der Waals surface area contributed by atoms with Crippen LogP contribution in [0.25, 0.3) is 0 Å². The van der Waals surface area contributed by atoms with Gasteiger partial charge >= 0.3 is 0 Å². The van der Waals surface area contributed by atoms with E-state index in [1.54, 1.807) is 0 Å². The van der Waals surface area contributed by atoms with Crippen molar-refractivity contribution in [2.24, 2.45) is 0 Å². The lowest BCUT2D eigenvalue weighted by molar-refractivity contribution is -0.134. The Morgan fingerprint density at radius 2 is 2.22 bits per heavy atom. The summed E-state index contributed by atoms with van der Waals surface area (Å²) in [6.45, 7) is 1.07. The molecule has 2 heterocycles. The number of aliphatic hydroxyl groups excluding tert-OH is 1. The van der Waals surface area contributed by atoms with E-state index >= 15 is 0 Å². The van der Waals surface area contributed by atoms with E-state index in [1.165, 1.54) is 16.7 Å². The molecule has 0 unspecified atom stereocenters. The average Bonchev–Trinajstić information content (AvgIpc) is 2.76. The third-order valence-electron chi connectivity index (χ3n) is 3.32. The highest BCUT2D eigenvalue weighted by Gasteiger charge is 2.34. The Bertz CT molecular complexity index is 331. The van der Waals surface area contributed by atoms with E-state index in [4.69, 9.17) is 4.74 Å². The van der Waals surface area contributed by atoms with Gasteiger partial charge < -0.3 is 20.1 Å². The van der Waals surface area contributed by atoms with Crippen LogP contribution in [0.15, 0.2) is 0 Å². The first-order chi connectivity index (χ1) is 8.65. The molecular formula is C11H18N2O4S. The van der Waals surface area contributed by atoms with Gasteiger partial charge in [-0.3, -0.25) is 9.59 Å². The first-order valence-corrected chi connectivity index (χ1v) is 7.16. The highest BCUT2D eigenvalue weighted by Crippen LogP contribution is 2.20. The van der Waals surface area contributed by atoms with Crippen LogP contribution in [-0.2, 0) is 14.3 Å². The van der Waals surface area contributed by atoms with Crippen LogP contribution >= 0.6 is 11.8 Å². The second-order valence-electron chi connectivity index (χ2n) is 4.67. The van der Waals surface area contributed by atoms with E-state index in [9.17, 15) is 14.7 Å². The minimum absolute atomic E-state index is 0.000163. The molecule has 2 amide bonds. The number of carbonyl (C=O) groups excluding carboxylic acids is 2. The summed E-state index contributed by atoms with van der Waals surface area (Å²) in [5.74, 6) is 0.815. The topological polar surface area (TPSA) is 78.9 Å². The Labute approximate surface area is 110 Å². The fourth-order valence-electron chi connectivity index (χ4n) is 2.13. The van der Waals surface area contributed by atoms with Gasteiger partial charge in [0.25, 0.3) is 0 Å². The number of aliphatic hydroxyl groups is 1. The van der Waals surface area contributed by atoms with E-state index in [2.05, 4.69) is 5.32 Å². The molecule has 0 spiro atoms. The van der Waals surface area contributed by atoms with Gasteiger partial charge in [-0.25, -0.2) is 0 Å². The van der Waals surface area contributed by atoms with E-state index in [-0.39, 0.29) is 25.0 Å². The summed E-state index contributed by atoms with van der Waals surface area (Å²) in [7, 11) is 0. The largest absolute Gasteiger partial charge is 0.394 e. The molecule has 2 N–H and O–H groups in total. The van der Waals surface area contributed by atoms with E-state index in [0.717, 1.165) is 0 Å². The van der Waals surface area contributed by atoms with Crippen molar-refractivity contribution in [3.63, 3.8) is 0 Å². The van der Waals surface area contributed by atoms with Crippen molar-refractivity contribution >= 4 is 23.6 Å². The summed E-state index contributed by atoms with van der Waals surface area (Å²) in [4.78, 5) is 24.8. The number of hydrogen-bond acceptors (Lipinski definition) is 5. The van der Waals surface area contributed by atoms with Gasteiger partial charge in [0.15, 0.2) is 0 Å².